The first-order valence-corrected chi connectivity index (χ1v) is 9.44. The number of ether oxygens (including phenoxy) is 1. The normalized spacial score (nSPS) is 22.1. The van der Waals surface area contributed by atoms with Crippen LogP contribution in [0.15, 0.2) is 54.9 Å². The summed E-state index contributed by atoms with van der Waals surface area (Å²) in [4.78, 5) is 33.6. The first-order valence-electron chi connectivity index (χ1n) is 9.44. The fourth-order valence-electron chi connectivity index (χ4n) is 3.84. The van der Waals surface area contributed by atoms with Crippen molar-refractivity contribution in [3.63, 3.8) is 0 Å². The number of likely N-dealkylation sites (tertiary alicyclic amines) is 2. The third kappa shape index (κ3) is 3.79. The van der Waals surface area contributed by atoms with Gasteiger partial charge in [-0.2, -0.15) is 0 Å². The first-order chi connectivity index (χ1) is 13.2. The van der Waals surface area contributed by atoms with Crippen LogP contribution in [0.5, 0.6) is 5.75 Å². The lowest BCUT2D eigenvalue weighted by Gasteiger charge is -2.27. The molecule has 2 amide bonds. The van der Waals surface area contributed by atoms with E-state index >= 15 is 0 Å². The Morgan fingerprint density at radius 1 is 1.00 bits per heavy atom. The number of aromatic nitrogens is 1. The number of hydrogen-bond donors (Lipinski definition) is 0. The topological polar surface area (TPSA) is 62.7 Å². The van der Waals surface area contributed by atoms with Gasteiger partial charge >= 0.3 is 0 Å². The molecule has 0 spiro atoms. The second kappa shape index (κ2) is 7.78. The van der Waals surface area contributed by atoms with E-state index in [0.717, 1.165) is 31.7 Å². The molecule has 27 heavy (non-hydrogen) atoms. The number of nitrogens with zero attached hydrogens (tertiary/aromatic N) is 3. The fraction of sp³-hybridized carbons (Fsp3) is 0.381. The molecule has 4 rings (SSSR count). The lowest BCUT2D eigenvalue weighted by atomic mass is 10.1. The molecule has 2 fully saturated rings. The number of hydrogen-bond acceptors (Lipinski definition) is 4. The molecule has 0 bridgehead atoms. The van der Waals surface area contributed by atoms with E-state index in [-0.39, 0.29) is 17.9 Å². The van der Waals surface area contributed by atoms with Gasteiger partial charge in [-0.15, -0.1) is 0 Å². The summed E-state index contributed by atoms with van der Waals surface area (Å²) in [6.45, 7) is 1.95. The highest BCUT2D eigenvalue weighted by molar-refractivity contribution is 5.98. The van der Waals surface area contributed by atoms with Crippen LogP contribution in [0.3, 0.4) is 0 Å². The molecule has 0 N–H and O–H groups in total. The second-order valence-electron chi connectivity index (χ2n) is 7.03. The standard InChI is InChI=1S/C21H23N3O3/c25-20(16-8-10-22-11-9-16)24-15-18(27-17-6-2-1-3-7-17)14-19(24)21(26)23-12-4-5-13-23/h1-3,6-11,18-19H,4-5,12-15H2. The molecule has 0 saturated carbocycles. The molecule has 2 unspecified atom stereocenters. The van der Waals surface area contributed by atoms with Crippen LogP contribution in [0.1, 0.15) is 29.6 Å². The molecule has 6 heteroatoms. The zero-order chi connectivity index (χ0) is 18.6. The van der Waals surface area contributed by atoms with Crippen molar-refractivity contribution < 1.29 is 14.3 Å². The van der Waals surface area contributed by atoms with Crippen molar-refractivity contribution in [1.29, 1.82) is 0 Å². The van der Waals surface area contributed by atoms with Gasteiger partial charge in [0.1, 0.15) is 17.9 Å². The number of carbonyl (C=O) groups excluding carboxylic acids is 2. The maximum absolute atomic E-state index is 13.1. The average Bonchev–Trinajstić information content (AvgIpc) is 3.39. The number of benzene rings is 1. The van der Waals surface area contributed by atoms with Gasteiger partial charge in [0.2, 0.25) is 5.91 Å². The minimum Gasteiger partial charge on any atom is -0.488 e. The molecule has 1 aromatic heterocycles. The van der Waals surface area contributed by atoms with Gasteiger partial charge in [-0.25, -0.2) is 0 Å². The highest BCUT2D eigenvalue weighted by atomic mass is 16.5. The molecule has 2 aliphatic heterocycles. The first kappa shape index (κ1) is 17.5. The van der Waals surface area contributed by atoms with Crippen LogP contribution in [0.4, 0.5) is 0 Å². The van der Waals surface area contributed by atoms with E-state index in [1.54, 1.807) is 29.4 Å². The van der Waals surface area contributed by atoms with E-state index < -0.39 is 6.04 Å². The van der Waals surface area contributed by atoms with Gasteiger partial charge in [-0.1, -0.05) is 18.2 Å². The van der Waals surface area contributed by atoms with Crippen LogP contribution in [-0.2, 0) is 4.79 Å². The van der Waals surface area contributed by atoms with Crippen LogP contribution in [0.25, 0.3) is 0 Å². The molecular weight excluding hydrogens is 342 g/mol. The molecule has 2 saturated heterocycles. The number of carbonyl (C=O) groups is 2. The van der Waals surface area contributed by atoms with Crippen molar-refractivity contribution in [3.05, 3.63) is 60.4 Å². The summed E-state index contributed by atoms with van der Waals surface area (Å²) in [5.41, 5.74) is 0.546. The molecule has 0 aliphatic carbocycles. The largest absolute Gasteiger partial charge is 0.488 e. The molecule has 1 aromatic carbocycles. The van der Waals surface area contributed by atoms with Gasteiger partial charge in [-0.05, 0) is 37.1 Å². The summed E-state index contributed by atoms with van der Waals surface area (Å²) in [5.74, 6) is 0.649. The quantitative estimate of drug-likeness (QED) is 0.835. The fourth-order valence-corrected chi connectivity index (χ4v) is 3.84. The van der Waals surface area contributed by atoms with Crippen LogP contribution < -0.4 is 4.74 Å². The minimum atomic E-state index is -0.475. The summed E-state index contributed by atoms with van der Waals surface area (Å²) in [6, 6.07) is 12.4. The van der Waals surface area contributed by atoms with Crippen LogP contribution >= 0.6 is 0 Å². The van der Waals surface area contributed by atoms with E-state index in [0.29, 0.717) is 18.5 Å². The third-order valence-electron chi connectivity index (χ3n) is 5.20. The van der Waals surface area contributed by atoms with E-state index in [4.69, 9.17) is 4.74 Å². The summed E-state index contributed by atoms with van der Waals surface area (Å²) in [6.07, 6.45) is 5.56. The molecule has 0 radical (unpaired) electrons. The van der Waals surface area contributed by atoms with E-state index in [9.17, 15) is 9.59 Å². The van der Waals surface area contributed by atoms with Crippen molar-refractivity contribution in [1.82, 2.24) is 14.8 Å². The van der Waals surface area contributed by atoms with E-state index in [2.05, 4.69) is 4.98 Å². The van der Waals surface area contributed by atoms with Crippen molar-refractivity contribution in [2.75, 3.05) is 19.6 Å². The van der Waals surface area contributed by atoms with Gasteiger partial charge < -0.3 is 14.5 Å². The summed E-state index contributed by atoms with van der Waals surface area (Å²) in [7, 11) is 0. The Labute approximate surface area is 158 Å². The Morgan fingerprint density at radius 3 is 2.41 bits per heavy atom. The van der Waals surface area contributed by atoms with Crippen LogP contribution in [-0.4, -0.2) is 58.4 Å². The maximum Gasteiger partial charge on any atom is 0.254 e. The Morgan fingerprint density at radius 2 is 1.70 bits per heavy atom. The average molecular weight is 365 g/mol. The molecule has 2 aromatic rings. The van der Waals surface area contributed by atoms with Crippen molar-refractivity contribution in [2.45, 2.75) is 31.4 Å². The monoisotopic (exact) mass is 365 g/mol. The minimum absolute atomic E-state index is 0.0362. The smallest absolute Gasteiger partial charge is 0.254 e. The summed E-state index contributed by atoms with van der Waals surface area (Å²) < 4.78 is 6.06. The van der Waals surface area contributed by atoms with Gasteiger partial charge in [-0.3, -0.25) is 14.6 Å². The number of pyridine rings is 1. The zero-order valence-corrected chi connectivity index (χ0v) is 15.2. The Balaban J connectivity index is 1.55. The Hall–Kier alpha value is -2.89. The lowest BCUT2D eigenvalue weighted by molar-refractivity contribution is -0.134. The van der Waals surface area contributed by atoms with Crippen LogP contribution in [0.2, 0.25) is 0 Å². The zero-order valence-electron chi connectivity index (χ0n) is 15.2. The predicted octanol–water partition coefficient (Wildman–Crippen LogP) is 2.37. The number of amides is 2. The van der Waals surface area contributed by atoms with Gasteiger partial charge in [0.05, 0.1) is 6.54 Å². The molecule has 3 heterocycles. The second-order valence-corrected chi connectivity index (χ2v) is 7.03. The molecule has 6 nitrogen and oxygen atoms in total. The molecule has 140 valence electrons. The van der Waals surface area contributed by atoms with Crippen molar-refractivity contribution in [3.8, 4) is 5.75 Å². The van der Waals surface area contributed by atoms with Crippen molar-refractivity contribution >= 4 is 11.8 Å². The van der Waals surface area contributed by atoms with Gasteiger partial charge in [0, 0.05) is 37.5 Å². The van der Waals surface area contributed by atoms with Gasteiger partial charge in [0.15, 0.2) is 0 Å². The summed E-state index contributed by atoms with van der Waals surface area (Å²) >= 11 is 0. The molecule has 2 atom stereocenters. The number of para-hydroxylation sites is 1. The highest BCUT2D eigenvalue weighted by Gasteiger charge is 2.43. The van der Waals surface area contributed by atoms with Gasteiger partial charge in [0.25, 0.3) is 5.91 Å². The van der Waals surface area contributed by atoms with Crippen molar-refractivity contribution in [2.24, 2.45) is 0 Å². The molecule has 2 aliphatic rings. The molecular formula is C21H23N3O3. The SMILES string of the molecule is O=C(C1CC(Oc2ccccc2)CN1C(=O)c1ccncc1)N1CCCC1. The maximum atomic E-state index is 13.1. The Bertz CT molecular complexity index is 791. The summed E-state index contributed by atoms with van der Waals surface area (Å²) in [5, 5.41) is 0. The lowest BCUT2D eigenvalue weighted by Crippen LogP contribution is -2.47. The van der Waals surface area contributed by atoms with E-state index in [1.165, 1.54) is 0 Å². The van der Waals surface area contributed by atoms with Crippen LogP contribution in [0, 0.1) is 0 Å². The highest BCUT2D eigenvalue weighted by Crippen LogP contribution is 2.27. The Kier molecular flexibility index (Phi) is 5.05. The van der Waals surface area contributed by atoms with E-state index in [1.807, 2.05) is 35.2 Å². The third-order valence-corrected chi connectivity index (χ3v) is 5.20. The number of rotatable bonds is 4. The predicted molar refractivity (Wildman–Crippen MR) is 100 cm³/mol.